The van der Waals surface area contributed by atoms with Gasteiger partial charge in [0.15, 0.2) is 0 Å². The predicted molar refractivity (Wildman–Crippen MR) is 117 cm³/mol. The van der Waals surface area contributed by atoms with E-state index in [1.165, 1.54) is 14.2 Å². The van der Waals surface area contributed by atoms with Crippen molar-refractivity contribution in [3.8, 4) is 23.0 Å². The van der Waals surface area contributed by atoms with Crippen LogP contribution in [0.3, 0.4) is 0 Å². The molecule has 1 atom stereocenters. The Morgan fingerprint density at radius 3 is 2.64 bits per heavy atom. The van der Waals surface area contributed by atoms with E-state index in [4.69, 9.17) is 14.2 Å². The first kappa shape index (κ1) is 22.5. The molecule has 10 heteroatoms. The molecule has 0 bridgehead atoms. The number of hydrogen-bond donors (Lipinski definition) is 1. The Kier molecular flexibility index (Phi) is 5.47. The first-order chi connectivity index (χ1) is 15.6. The number of hydrogen-bond acceptors (Lipinski definition) is 8. The van der Waals surface area contributed by atoms with Gasteiger partial charge in [0.25, 0.3) is 5.91 Å². The van der Waals surface area contributed by atoms with Crippen LogP contribution in [0.4, 0.5) is 4.79 Å². The Hall–Kier alpha value is -3.69. The van der Waals surface area contributed by atoms with Crippen LogP contribution in [0.5, 0.6) is 11.9 Å². The Morgan fingerprint density at radius 1 is 1.21 bits per heavy atom. The average molecular weight is 454 g/mol. The molecule has 1 aliphatic carbocycles. The zero-order valence-electron chi connectivity index (χ0n) is 19.2. The number of aromatic nitrogens is 2. The van der Waals surface area contributed by atoms with Gasteiger partial charge < -0.3 is 19.5 Å². The molecule has 1 spiro atoms. The largest absolute Gasteiger partial charge is 0.480 e. The van der Waals surface area contributed by atoms with Crippen LogP contribution in [-0.2, 0) is 26.3 Å². The maximum absolute atomic E-state index is 13.3. The Labute approximate surface area is 191 Å². The molecule has 1 fully saturated rings. The summed E-state index contributed by atoms with van der Waals surface area (Å²) < 4.78 is 15.7. The van der Waals surface area contributed by atoms with E-state index >= 15 is 0 Å². The van der Waals surface area contributed by atoms with Gasteiger partial charge in [-0.05, 0) is 50.3 Å². The van der Waals surface area contributed by atoms with Crippen molar-refractivity contribution in [1.29, 1.82) is 0 Å². The molecule has 1 aromatic carbocycles. The third kappa shape index (κ3) is 3.96. The fourth-order valence-corrected chi connectivity index (χ4v) is 4.27. The number of imide groups is 1. The van der Waals surface area contributed by atoms with Gasteiger partial charge >= 0.3 is 18.0 Å². The van der Waals surface area contributed by atoms with E-state index in [0.717, 1.165) is 16.0 Å². The number of esters is 1. The van der Waals surface area contributed by atoms with Crippen LogP contribution in [0.15, 0.2) is 24.4 Å². The summed E-state index contributed by atoms with van der Waals surface area (Å²) in [6, 6.07) is 5.17. The number of benzene rings is 1. The molecule has 3 amide bonds. The third-order valence-corrected chi connectivity index (χ3v) is 5.64. The van der Waals surface area contributed by atoms with Crippen LogP contribution >= 0.6 is 0 Å². The number of amides is 3. The second-order valence-electron chi connectivity index (χ2n) is 8.96. The van der Waals surface area contributed by atoms with Gasteiger partial charge in [0.05, 0.1) is 19.8 Å². The van der Waals surface area contributed by atoms with Crippen molar-refractivity contribution in [2.24, 2.45) is 0 Å². The van der Waals surface area contributed by atoms with E-state index < -0.39 is 35.6 Å². The molecular formula is C23H26N4O6. The van der Waals surface area contributed by atoms with E-state index in [1.807, 2.05) is 18.2 Å². The number of rotatable bonds is 5. The molecule has 1 unspecified atom stereocenters. The molecule has 0 radical (unpaired) electrons. The maximum atomic E-state index is 13.3. The fourth-order valence-electron chi connectivity index (χ4n) is 4.27. The molecule has 4 rings (SSSR count). The number of nitrogens with zero attached hydrogens (tertiary/aromatic N) is 3. The molecule has 0 saturated carbocycles. The normalized spacial score (nSPS) is 19.5. The minimum absolute atomic E-state index is 0.194. The Balaban J connectivity index is 1.62. The molecular weight excluding hydrogens is 428 g/mol. The number of methoxy groups -OCH3 is 2. The third-order valence-electron chi connectivity index (χ3n) is 5.64. The van der Waals surface area contributed by atoms with Crippen LogP contribution in [0.2, 0.25) is 0 Å². The summed E-state index contributed by atoms with van der Waals surface area (Å²) in [5.41, 5.74) is 1.22. The molecule has 2 aliphatic rings. The van der Waals surface area contributed by atoms with Gasteiger partial charge in [0.2, 0.25) is 5.88 Å². The highest BCUT2D eigenvalue weighted by Gasteiger charge is 2.55. The fraction of sp³-hybridized carbons (Fsp3) is 0.435. The van der Waals surface area contributed by atoms with Crippen LogP contribution < -0.4 is 14.8 Å². The number of carbonyl (C=O) groups excluding carboxylic acids is 3. The number of urea groups is 1. The minimum atomic E-state index is -1.19. The summed E-state index contributed by atoms with van der Waals surface area (Å²) in [6.45, 7) is 4.75. The first-order valence-electron chi connectivity index (χ1n) is 10.5. The second kappa shape index (κ2) is 8.02. The van der Waals surface area contributed by atoms with Crippen molar-refractivity contribution >= 4 is 17.9 Å². The van der Waals surface area contributed by atoms with E-state index in [2.05, 4.69) is 15.3 Å². The molecule has 33 heavy (non-hydrogen) atoms. The first-order valence-corrected chi connectivity index (χ1v) is 10.5. The molecule has 2 aromatic rings. The van der Waals surface area contributed by atoms with Crippen molar-refractivity contribution in [3.63, 3.8) is 0 Å². The van der Waals surface area contributed by atoms with Crippen molar-refractivity contribution in [3.05, 3.63) is 35.5 Å². The van der Waals surface area contributed by atoms with Crippen molar-refractivity contribution in [2.45, 2.75) is 44.8 Å². The lowest BCUT2D eigenvalue weighted by atomic mass is 9.90. The van der Waals surface area contributed by atoms with E-state index in [1.54, 1.807) is 27.0 Å². The van der Waals surface area contributed by atoms with Crippen molar-refractivity contribution in [1.82, 2.24) is 20.2 Å². The summed E-state index contributed by atoms with van der Waals surface area (Å²) in [6.07, 6.45) is 2.59. The quantitative estimate of drug-likeness (QED) is 0.539. The number of fused-ring (bicyclic) bond motifs is 2. The number of aryl methyl sites for hydroxylation is 1. The van der Waals surface area contributed by atoms with Gasteiger partial charge in [-0.25, -0.2) is 9.78 Å². The molecule has 1 aromatic heterocycles. The van der Waals surface area contributed by atoms with Gasteiger partial charge in [-0.3, -0.25) is 14.5 Å². The highest BCUT2D eigenvalue weighted by molar-refractivity contribution is 6.09. The van der Waals surface area contributed by atoms with Crippen LogP contribution in [0.1, 0.15) is 38.3 Å². The van der Waals surface area contributed by atoms with Gasteiger partial charge in [0.1, 0.15) is 17.7 Å². The molecule has 1 saturated heterocycles. The second-order valence-corrected chi connectivity index (χ2v) is 8.96. The zero-order chi connectivity index (χ0) is 24.0. The lowest BCUT2D eigenvalue weighted by molar-refractivity contribution is -0.157. The lowest BCUT2D eigenvalue weighted by Crippen LogP contribution is -2.43. The Morgan fingerprint density at radius 2 is 1.97 bits per heavy atom. The predicted octanol–water partition coefficient (Wildman–Crippen LogP) is 2.20. The van der Waals surface area contributed by atoms with E-state index in [9.17, 15) is 14.4 Å². The van der Waals surface area contributed by atoms with Crippen LogP contribution in [0.25, 0.3) is 11.1 Å². The molecule has 1 aliphatic heterocycles. The minimum Gasteiger partial charge on any atom is -0.480 e. The monoisotopic (exact) mass is 454 g/mol. The van der Waals surface area contributed by atoms with Gasteiger partial charge in [0, 0.05) is 6.20 Å². The SMILES string of the molecule is COc1ncc(-c2ccc3c(c2)CCC32NC(=O)N(CC(=O)OC(C)(C)C)C2=O)c(OC)n1. The summed E-state index contributed by atoms with van der Waals surface area (Å²) in [7, 11) is 2.99. The van der Waals surface area contributed by atoms with Crippen LogP contribution in [-0.4, -0.2) is 59.1 Å². The van der Waals surface area contributed by atoms with E-state index in [-0.39, 0.29) is 6.01 Å². The maximum Gasteiger partial charge on any atom is 0.326 e. The number of ether oxygens (including phenoxy) is 3. The molecule has 10 nitrogen and oxygen atoms in total. The standard InChI is InChI=1S/C23H26N4O6/c1-22(2,3)33-17(28)12-27-19(29)23(26-21(27)30)9-8-14-10-13(6-7-16(14)23)15-11-24-20(32-5)25-18(15)31-4/h6-7,10-11H,8-9,12H2,1-5H3,(H,26,30). The topological polar surface area (TPSA) is 120 Å². The average Bonchev–Trinajstić information content (AvgIpc) is 3.24. The summed E-state index contributed by atoms with van der Waals surface area (Å²) in [4.78, 5) is 47.5. The molecule has 174 valence electrons. The van der Waals surface area contributed by atoms with Crippen LogP contribution in [0, 0.1) is 0 Å². The highest BCUT2D eigenvalue weighted by atomic mass is 16.6. The molecule has 1 N–H and O–H groups in total. The van der Waals surface area contributed by atoms with Gasteiger partial charge in [-0.15, -0.1) is 0 Å². The number of nitrogens with one attached hydrogen (secondary N) is 1. The number of carbonyl (C=O) groups is 3. The zero-order valence-corrected chi connectivity index (χ0v) is 19.2. The summed E-state index contributed by atoms with van der Waals surface area (Å²) in [5, 5.41) is 2.81. The van der Waals surface area contributed by atoms with Crippen molar-refractivity contribution < 1.29 is 28.6 Å². The molecule has 2 heterocycles. The van der Waals surface area contributed by atoms with Gasteiger partial charge in [-0.2, -0.15) is 4.98 Å². The summed E-state index contributed by atoms with van der Waals surface area (Å²) >= 11 is 0. The lowest BCUT2D eigenvalue weighted by Gasteiger charge is -2.23. The highest BCUT2D eigenvalue weighted by Crippen LogP contribution is 2.43. The smallest absolute Gasteiger partial charge is 0.326 e. The van der Waals surface area contributed by atoms with E-state index in [0.29, 0.717) is 29.8 Å². The Bertz CT molecular complexity index is 1140. The van der Waals surface area contributed by atoms with Gasteiger partial charge in [-0.1, -0.05) is 18.2 Å². The summed E-state index contributed by atoms with van der Waals surface area (Å²) in [5.74, 6) is -0.721. The van der Waals surface area contributed by atoms with Crippen molar-refractivity contribution in [2.75, 3.05) is 20.8 Å².